The molecule has 1 saturated heterocycles. The molecule has 1 N–H and O–H groups in total. The molecule has 1 fully saturated rings. The highest BCUT2D eigenvalue weighted by molar-refractivity contribution is 6.32. The van der Waals surface area contributed by atoms with Crippen LogP contribution in [0.3, 0.4) is 0 Å². The average molecular weight is 346 g/mol. The Kier molecular flexibility index (Phi) is 5.62. The monoisotopic (exact) mass is 345 g/mol. The van der Waals surface area contributed by atoms with Crippen molar-refractivity contribution in [1.29, 1.82) is 0 Å². The maximum absolute atomic E-state index is 13.5. The number of nitrogens with one attached hydrogen (secondary N) is 1. The molecule has 0 saturated carbocycles. The summed E-state index contributed by atoms with van der Waals surface area (Å²) in [7, 11) is 0. The smallest absolute Gasteiger partial charge is 0.159 e. The van der Waals surface area contributed by atoms with Crippen molar-refractivity contribution in [2.45, 2.75) is 6.10 Å². The van der Waals surface area contributed by atoms with Gasteiger partial charge in [0.05, 0.1) is 5.02 Å². The zero-order chi connectivity index (χ0) is 14.8. The van der Waals surface area contributed by atoms with E-state index in [-0.39, 0.29) is 24.4 Å². The van der Waals surface area contributed by atoms with Gasteiger partial charge in [-0.15, -0.1) is 12.4 Å². The Bertz CT molecular complexity index is 650. The number of hydrogen-bond acceptors (Lipinski definition) is 2. The highest BCUT2D eigenvalue weighted by Crippen LogP contribution is 2.34. The fraction of sp³-hybridized carbons (Fsp3) is 0.250. The van der Waals surface area contributed by atoms with Crippen molar-refractivity contribution in [3.63, 3.8) is 0 Å². The molecule has 0 spiro atoms. The molecule has 2 aromatic carbocycles. The number of para-hydroxylation sites is 1. The second-order valence-electron chi connectivity index (χ2n) is 5.06. The van der Waals surface area contributed by atoms with Crippen LogP contribution in [0.25, 0.3) is 0 Å². The minimum atomic E-state index is -0.868. The van der Waals surface area contributed by atoms with Crippen molar-refractivity contribution in [1.82, 2.24) is 5.32 Å². The van der Waals surface area contributed by atoms with Crippen molar-refractivity contribution >= 4 is 24.0 Å². The van der Waals surface area contributed by atoms with Gasteiger partial charge in [0.15, 0.2) is 11.6 Å². The first kappa shape index (κ1) is 17.0. The summed E-state index contributed by atoms with van der Waals surface area (Å²) in [5.41, 5.74) is 0.611. The number of hydrogen-bond donors (Lipinski definition) is 1. The zero-order valence-corrected chi connectivity index (χ0v) is 13.1. The van der Waals surface area contributed by atoms with E-state index >= 15 is 0 Å². The molecule has 1 unspecified atom stereocenters. The molecule has 2 aromatic rings. The van der Waals surface area contributed by atoms with Crippen LogP contribution in [0.2, 0.25) is 5.02 Å². The molecule has 0 aromatic heterocycles. The summed E-state index contributed by atoms with van der Waals surface area (Å²) in [6.07, 6.45) is -0.360. The van der Waals surface area contributed by atoms with Crippen molar-refractivity contribution in [3.05, 3.63) is 64.7 Å². The minimum absolute atomic E-state index is 0. The van der Waals surface area contributed by atoms with E-state index in [9.17, 15) is 8.78 Å². The maximum Gasteiger partial charge on any atom is 0.159 e. The van der Waals surface area contributed by atoms with E-state index in [0.717, 1.165) is 19.2 Å². The van der Waals surface area contributed by atoms with Crippen LogP contribution in [0.15, 0.2) is 42.5 Å². The van der Waals surface area contributed by atoms with Gasteiger partial charge in [-0.2, -0.15) is 0 Å². The van der Waals surface area contributed by atoms with Crippen LogP contribution in [0.5, 0.6) is 5.75 Å². The Morgan fingerprint density at radius 2 is 1.82 bits per heavy atom. The van der Waals surface area contributed by atoms with Gasteiger partial charge in [-0.25, -0.2) is 8.78 Å². The molecule has 0 aliphatic carbocycles. The predicted molar refractivity (Wildman–Crippen MR) is 84.8 cm³/mol. The van der Waals surface area contributed by atoms with Crippen molar-refractivity contribution in [2.24, 2.45) is 5.92 Å². The molecule has 118 valence electrons. The molecule has 1 aliphatic heterocycles. The van der Waals surface area contributed by atoms with Gasteiger partial charge in [0.25, 0.3) is 0 Å². The van der Waals surface area contributed by atoms with Gasteiger partial charge in [-0.3, -0.25) is 0 Å². The van der Waals surface area contributed by atoms with Gasteiger partial charge in [0.2, 0.25) is 0 Å². The summed E-state index contributed by atoms with van der Waals surface area (Å²) in [6, 6.07) is 11.0. The molecule has 3 rings (SSSR count). The van der Waals surface area contributed by atoms with Gasteiger partial charge >= 0.3 is 0 Å². The Hall–Kier alpha value is -1.36. The normalized spacial score (nSPS) is 15.6. The summed E-state index contributed by atoms with van der Waals surface area (Å²) in [5.74, 6) is -0.985. The fourth-order valence-corrected chi connectivity index (χ4v) is 2.51. The van der Waals surface area contributed by atoms with E-state index < -0.39 is 11.6 Å². The predicted octanol–water partition coefficient (Wildman–Crippen LogP) is 4.38. The van der Waals surface area contributed by atoms with Crippen LogP contribution in [0.1, 0.15) is 11.7 Å². The Morgan fingerprint density at radius 3 is 2.41 bits per heavy atom. The van der Waals surface area contributed by atoms with E-state index in [1.54, 1.807) is 18.2 Å². The molecule has 2 nitrogen and oxygen atoms in total. The van der Waals surface area contributed by atoms with E-state index in [0.29, 0.717) is 16.3 Å². The maximum atomic E-state index is 13.5. The third-order valence-electron chi connectivity index (χ3n) is 3.60. The van der Waals surface area contributed by atoms with Crippen LogP contribution < -0.4 is 10.1 Å². The topological polar surface area (TPSA) is 21.3 Å². The first-order chi connectivity index (χ1) is 10.1. The Morgan fingerprint density at radius 1 is 1.09 bits per heavy atom. The number of ether oxygens (including phenoxy) is 1. The molecular formula is C16H15Cl2F2NO. The lowest BCUT2D eigenvalue weighted by Crippen LogP contribution is -2.46. The average Bonchev–Trinajstić information content (AvgIpc) is 2.41. The second kappa shape index (κ2) is 7.27. The third-order valence-corrected chi connectivity index (χ3v) is 3.92. The van der Waals surface area contributed by atoms with E-state index in [1.807, 2.05) is 12.1 Å². The third kappa shape index (κ3) is 3.51. The van der Waals surface area contributed by atoms with Crippen molar-refractivity contribution < 1.29 is 13.5 Å². The summed E-state index contributed by atoms with van der Waals surface area (Å²) >= 11 is 6.10. The molecule has 0 radical (unpaired) electrons. The lowest BCUT2D eigenvalue weighted by molar-refractivity contribution is 0.0990. The number of halogens is 4. The van der Waals surface area contributed by atoms with Gasteiger partial charge in [-0.1, -0.05) is 29.8 Å². The van der Waals surface area contributed by atoms with E-state index in [1.165, 1.54) is 6.07 Å². The summed E-state index contributed by atoms with van der Waals surface area (Å²) in [4.78, 5) is 0. The van der Waals surface area contributed by atoms with Crippen LogP contribution in [0, 0.1) is 17.6 Å². The van der Waals surface area contributed by atoms with Gasteiger partial charge < -0.3 is 10.1 Å². The van der Waals surface area contributed by atoms with Crippen molar-refractivity contribution in [3.8, 4) is 5.75 Å². The van der Waals surface area contributed by atoms with Crippen LogP contribution in [0.4, 0.5) is 8.78 Å². The molecule has 0 amide bonds. The minimum Gasteiger partial charge on any atom is -0.484 e. The van der Waals surface area contributed by atoms with Crippen LogP contribution >= 0.6 is 24.0 Å². The van der Waals surface area contributed by atoms with Gasteiger partial charge in [-0.05, 0) is 29.8 Å². The van der Waals surface area contributed by atoms with Gasteiger partial charge in [0.1, 0.15) is 11.9 Å². The first-order valence-corrected chi connectivity index (χ1v) is 7.10. The first-order valence-electron chi connectivity index (χ1n) is 6.72. The number of benzene rings is 2. The zero-order valence-electron chi connectivity index (χ0n) is 11.6. The molecule has 1 heterocycles. The SMILES string of the molecule is Cl.Fc1ccc(C(Oc2ccccc2Cl)C2CNC2)cc1F. The van der Waals surface area contributed by atoms with Crippen molar-refractivity contribution in [2.75, 3.05) is 13.1 Å². The molecule has 6 heteroatoms. The second-order valence-corrected chi connectivity index (χ2v) is 5.47. The van der Waals surface area contributed by atoms with Crippen LogP contribution in [-0.4, -0.2) is 13.1 Å². The standard InChI is InChI=1S/C16H14ClF2NO.ClH/c17-12-3-1-2-4-15(12)21-16(11-8-20-9-11)10-5-6-13(18)14(19)7-10;/h1-7,11,16,20H,8-9H2;1H. The van der Waals surface area contributed by atoms with Crippen LogP contribution in [-0.2, 0) is 0 Å². The Labute approximate surface area is 138 Å². The molecule has 1 atom stereocenters. The highest BCUT2D eigenvalue weighted by Gasteiger charge is 2.31. The summed E-state index contributed by atoms with van der Waals surface area (Å²) in [5, 5.41) is 3.65. The van der Waals surface area contributed by atoms with Gasteiger partial charge in [0, 0.05) is 19.0 Å². The van der Waals surface area contributed by atoms with E-state index in [2.05, 4.69) is 5.32 Å². The largest absolute Gasteiger partial charge is 0.484 e. The summed E-state index contributed by atoms with van der Waals surface area (Å²) < 4.78 is 32.5. The summed E-state index contributed by atoms with van der Waals surface area (Å²) in [6.45, 7) is 1.54. The fourth-order valence-electron chi connectivity index (χ4n) is 2.33. The lowest BCUT2D eigenvalue weighted by atomic mass is 9.90. The molecule has 0 bridgehead atoms. The molecule has 22 heavy (non-hydrogen) atoms. The highest BCUT2D eigenvalue weighted by atomic mass is 35.5. The number of rotatable bonds is 4. The Balaban J connectivity index is 0.00000176. The lowest BCUT2D eigenvalue weighted by Gasteiger charge is -2.35. The van der Waals surface area contributed by atoms with E-state index in [4.69, 9.17) is 16.3 Å². The molecule has 1 aliphatic rings. The quantitative estimate of drug-likeness (QED) is 0.887. The molecular weight excluding hydrogens is 331 g/mol.